The van der Waals surface area contributed by atoms with Crippen molar-refractivity contribution in [2.75, 3.05) is 5.75 Å². The predicted octanol–water partition coefficient (Wildman–Crippen LogP) is 1.42. The van der Waals surface area contributed by atoms with Gasteiger partial charge < -0.3 is 15.5 Å². The molecule has 130 valence electrons. The first-order valence-corrected chi connectivity index (χ1v) is 8.50. The van der Waals surface area contributed by atoms with E-state index in [-0.39, 0.29) is 23.7 Å². The average molecular weight is 351 g/mol. The number of nitrogens with one attached hydrogen (secondary N) is 1. The second-order valence-corrected chi connectivity index (χ2v) is 6.85. The van der Waals surface area contributed by atoms with Gasteiger partial charge in [-0.05, 0) is 32.4 Å². The van der Waals surface area contributed by atoms with Gasteiger partial charge in [-0.3, -0.25) is 14.2 Å². The number of nitrogens with two attached hydrogens (primary N) is 1. The van der Waals surface area contributed by atoms with E-state index < -0.39 is 5.91 Å². The maximum Gasteiger partial charge on any atom is 0.237 e. The van der Waals surface area contributed by atoms with Gasteiger partial charge >= 0.3 is 0 Å². The lowest BCUT2D eigenvalue weighted by Gasteiger charge is -2.24. The van der Waals surface area contributed by atoms with E-state index in [4.69, 9.17) is 10.2 Å². The number of primary amides is 1. The lowest BCUT2D eigenvalue weighted by molar-refractivity contribution is -0.120. The molecule has 2 aromatic rings. The fourth-order valence-corrected chi connectivity index (χ4v) is 2.65. The summed E-state index contributed by atoms with van der Waals surface area (Å²) in [5, 5.41) is 11.5. The smallest absolute Gasteiger partial charge is 0.237 e. The van der Waals surface area contributed by atoms with Crippen molar-refractivity contribution in [3.63, 3.8) is 0 Å². The van der Waals surface area contributed by atoms with Gasteiger partial charge in [-0.2, -0.15) is 0 Å². The molecule has 0 saturated heterocycles. The third-order valence-corrected chi connectivity index (χ3v) is 4.43. The molecule has 0 aliphatic carbocycles. The first-order chi connectivity index (χ1) is 11.3. The van der Waals surface area contributed by atoms with Crippen LogP contribution in [0.2, 0.25) is 0 Å². The first-order valence-electron chi connectivity index (χ1n) is 7.51. The van der Waals surface area contributed by atoms with E-state index in [1.54, 1.807) is 16.7 Å². The highest BCUT2D eigenvalue weighted by atomic mass is 32.2. The number of rotatable bonds is 8. The summed E-state index contributed by atoms with van der Waals surface area (Å²) in [6.07, 6.45) is 2.33. The molecule has 0 aliphatic rings. The highest BCUT2D eigenvalue weighted by molar-refractivity contribution is 7.99. The SMILES string of the molecule is CCC(C)(C)NC(=O)CSc1nnc(-c2ccco2)n1CC(N)=O. The minimum atomic E-state index is -0.527. The van der Waals surface area contributed by atoms with E-state index in [1.165, 1.54) is 18.0 Å². The Morgan fingerprint density at radius 2 is 2.17 bits per heavy atom. The van der Waals surface area contributed by atoms with Gasteiger partial charge in [-0.15, -0.1) is 10.2 Å². The van der Waals surface area contributed by atoms with Crippen LogP contribution in [0.4, 0.5) is 0 Å². The number of hydrogen-bond donors (Lipinski definition) is 2. The fraction of sp³-hybridized carbons (Fsp3) is 0.467. The molecule has 0 aromatic carbocycles. The van der Waals surface area contributed by atoms with Crippen LogP contribution in [-0.2, 0) is 16.1 Å². The van der Waals surface area contributed by atoms with Crippen LogP contribution in [0.1, 0.15) is 27.2 Å². The summed E-state index contributed by atoms with van der Waals surface area (Å²) in [6, 6.07) is 3.43. The Morgan fingerprint density at radius 3 is 2.75 bits per heavy atom. The lowest BCUT2D eigenvalue weighted by atomic mass is 10.0. The second kappa shape index (κ2) is 7.52. The summed E-state index contributed by atoms with van der Waals surface area (Å²) in [5.74, 6) is 0.405. The molecule has 9 heteroatoms. The van der Waals surface area contributed by atoms with Gasteiger partial charge in [0.2, 0.25) is 17.6 Å². The highest BCUT2D eigenvalue weighted by Crippen LogP contribution is 2.24. The standard InChI is InChI=1S/C15H21N5O3S/c1-4-15(2,3)17-12(22)9-24-14-19-18-13(10-6-5-7-23-10)20(14)8-11(16)21/h5-7H,4,8-9H2,1-3H3,(H2,16,21)(H,17,22). The van der Waals surface area contributed by atoms with Crippen LogP contribution < -0.4 is 11.1 Å². The zero-order chi connectivity index (χ0) is 17.7. The van der Waals surface area contributed by atoms with Gasteiger partial charge in [0, 0.05) is 5.54 Å². The van der Waals surface area contributed by atoms with Crippen molar-refractivity contribution in [1.29, 1.82) is 0 Å². The quantitative estimate of drug-likeness (QED) is 0.695. The Bertz CT molecular complexity index is 709. The number of furan rings is 1. The minimum absolute atomic E-state index is 0.0898. The lowest BCUT2D eigenvalue weighted by Crippen LogP contribution is -2.43. The number of carbonyl (C=O) groups is 2. The van der Waals surface area contributed by atoms with E-state index in [0.29, 0.717) is 16.7 Å². The summed E-state index contributed by atoms with van der Waals surface area (Å²) in [6.45, 7) is 5.83. The molecule has 0 saturated carbocycles. The number of aromatic nitrogens is 3. The normalized spacial score (nSPS) is 11.5. The highest BCUT2D eigenvalue weighted by Gasteiger charge is 2.21. The predicted molar refractivity (Wildman–Crippen MR) is 90.2 cm³/mol. The molecule has 2 heterocycles. The number of amides is 2. The van der Waals surface area contributed by atoms with E-state index >= 15 is 0 Å². The molecule has 8 nitrogen and oxygen atoms in total. The molecular formula is C15H21N5O3S. The van der Waals surface area contributed by atoms with E-state index in [2.05, 4.69) is 15.5 Å². The topological polar surface area (TPSA) is 116 Å². The van der Waals surface area contributed by atoms with Crippen LogP contribution in [-0.4, -0.2) is 37.9 Å². The van der Waals surface area contributed by atoms with Crippen molar-refractivity contribution in [3.05, 3.63) is 18.4 Å². The molecule has 0 fully saturated rings. The number of nitrogens with zero attached hydrogens (tertiary/aromatic N) is 3. The van der Waals surface area contributed by atoms with Crippen molar-refractivity contribution in [1.82, 2.24) is 20.1 Å². The van der Waals surface area contributed by atoms with Gasteiger partial charge in [-0.25, -0.2) is 0 Å². The molecule has 2 amide bonds. The second-order valence-electron chi connectivity index (χ2n) is 5.91. The average Bonchev–Trinajstić information content (AvgIpc) is 3.14. The van der Waals surface area contributed by atoms with Crippen LogP contribution >= 0.6 is 11.8 Å². The third-order valence-electron chi connectivity index (χ3n) is 3.47. The first kappa shape index (κ1) is 18.1. The van der Waals surface area contributed by atoms with Crippen LogP contribution in [0.5, 0.6) is 0 Å². The largest absolute Gasteiger partial charge is 0.461 e. The molecule has 0 aliphatic heterocycles. The van der Waals surface area contributed by atoms with Crippen molar-refractivity contribution >= 4 is 23.6 Å². The van der Waals surface area contributed by atoms with E-state index in [1.807, 2.05) is 20.8 Å². The Morgan fingerprint density at radius 1 is 1.42 bits per heavy atom. The number of carbonyl (C=O) groups excluding carboxylic acids is 2. The van der Waals surface area contributed by atoms with Crippen molar-refractivity contribution in [2.45, 2.75) is 44.4 Å². The summed E-state index contributed by atoms with van der Waals surface area (Å²) in [4.78, 5) is 23.4. The monoisotopic (exact) mass is 351 g/mol. The molecule has 0 atom stereocenters. The molecule has 0 spiro atoms. The number of hydrogen-bond acceptors (Lipinski definition) is 6. The van der Waals surface area contributed by atoms with Gasteiger partial charge in [-0.1, -0.05) is 18.7 Å². The van der Waals surface area contributed by atoms with Crippen LogP contribution in [0, 0.1) is 0 Å². The zero-order valence-corrected chi connectivity index (χ0v) is 14.7. The maximum absolute atomic E-state index is 12.1. The molecule has 0 unspecified atom stereocenters. The van der Waals surface area contributed by atoms with Gasteiger partial charge in [0.15, 0.2) is 10.9 Å². The summed E-state index contributed by atoms with van der Waals surface area (Å²) in [5.41, 5.74) is 5.03. The Balaban J connectivity index is 2.13. The summed E-state index contributed by atoms with van der Waals surface area (Å²) < 4.78 is 6.84. The van der Waals surface area contributed by atoms with E-state index in [0.717, 1.165) is 6.42 Å². The van der Waals surface area contributed by atoms with Crippen molar-refractivity contribution < 1.29 is 14.0 Å². The van der Waals surface area contributed by atoms with E-state index in [9.17, 15) is 9.59 Å². The molecule has 3 N–H and O–H groups in total. The molecule has 2 aromatic heterocycles. The molecular weight excluding hydrogens is 330 g/mol. The van der Waals surface area contributed by atoms with Gasteiger partial charge in [0.05, 0.1) is 12.0 Å². The van der Waals surface area contributed by atoms with Crippen molar-refractivity contribution in [2.24, 2.45) is 5.73 Å². The van der Waals surface area contributed by atoms with Gasteiger partial charge in [0.1, 0.15) is 6.54 Å². The maximum atomic E-state index is 12.1. The number of thioether (sulfide) groups is 1. The third kappa shape index (κ3) is 4.60. The summed E-state index contributed by atoms with van der Waals surface area (Å²) in [7, 11) is 0. The van der Waals surface area contributed by atoms with Crippen LogP contribution in [0.15, 0.2) is 28.0 Å². The van der Waals surface area contributed by atoms with Crippen LogP contribution in [0.25, 0.3) is 11.6 Å². The fourth-order valence-electron chi connectivity index (χ4n) is 1.91. The Labute approximate surface area is 144 Å². The molecule has 2 rings (SSSR count). The van der Waals surface area contributed by atoms with Crippen LogP contribution in [0.3, 0.4) is 0 Å². The Hall–Kier alpha value is -2.29. The zero-order valence-electron chi connectivity index (χ0n) is 13.9. The Kier molecular flexibility index (Phi) is 5.66. The summed E-state index contributed by atoms with van der Waals surface area (Å²) >= 11 is 1.19. The minimum Gasteiger partial charge on any atom is -0.461 e. The van der Waals surface area contributed by atoms with Crippen molar-refractivity contribution in [3.8, 4) is 11.6 Å². The van der Waals surface area contributed by atoms with Gasteiger partial charge in [0.25, 0.3) is 0 Å². The molecule has 0 radical (unpaired) electrons. The molecule has 24 heavy (non-hydrogen) atoms. The molecule has 0 bridgehead atoms.